The van der Waals surface area contributed by atoms with Crippen LogP contribution in [-0.4, -0.2) is 91.6 Å². The van der Waals surface area contributed by atoms with Gasteiger partial charge in [0.1, 0.15) is 0 Å². The van der Waals surface area contributed by atoms with Crippen LogP contribution in [0.4, 0.5) is 10.5 Å². The number of rotatable bonds is 7. The first-order valence-electron chi connectivity index (χ1n) is 11.4. The van der Waals surface area contributed by atoms with E-state index in [0.29, 0.717) is 6.54 Å². The zero-order valence-electron chi connectivity index (χ0n) is 18.7. The van der Waals surface area contributed by atoms with E-state index < -0.39 is 0 Å². The molecule has 2 saturated heterocycles. The van der Waals surface area contributed by atoms with Crippen molar-refractivity contribution in [2.45, 2.75) is 32.6 Å². The Morgan fingerprint density at radius 2 is 1.81 bits per heavy atom. The van der Waals surface area contributed by atoms with Crippen LogP contribution in [0.15, 0.2) is 30.5 Å². The van der Waals surface area contributed by atoms with E-state index in [0.717, 1.165) is 70.1 Å². The Kier molecular flexibility index (Phi) is 7.45. The van der Waals surface area contributed by atoms with Crippen molar-refractivity contribution in [2.24, 2.45) is 0 Å². The molecule has 2 N–H and O–H groups in total. The first-order chi connectivity index (χ1) is 15.1. The Morgan fingerprint density at radius 1 is 1.03 bits per heavy atom. The molecule has 8 heteroatoms. The van der Waals surface area contributed by atoms with E-state index >= 15 is 0 Å². The highest BCUT2D eigenvalue weighted by atomic mass is 16.5. The van der Waals surface area contributed by atoms with Crippen LogP contribution < -0.4 is 10.6 Å². The molecule has 0 radical (unpaired) electrons. The quantitative estimate of drug-likeness (QED) is 0.706. The summed E-state index contributed by atoms with van der Waals surface area (Å²) in [7, 11) is 0. The van der Waals surface area contributed by atoms with Gasteiger partial charge in [-0.05, 0) is 38.1 Å². The molecule has 8 nitrogen and oxygen atoms in total. The van der Waals surface area contributed by atoms with Crippen molar-refractivity contribution in [1.82, 2.24) is 19.7 Å². The second-order valence-corrected chi connectivity index (χ2v) is 8.63. The molecule has 4 rings (SSSR count). The van der Waals surface area contributed by atoms with Crippen LogP contribution in [0, 0.1) is 0 Å². The molecule has 2 unspecified atom stereocenters. The lowest BCUT2D eigenvalue weighted by Crippen LogP contribution is -2.48. The fourth-order valence-electron chi connectivity index (χ4n) is 4.52. The molecule has 170 valence electrons. The lowest BCUT2D eigenvalue weighted by Gasteiger charge is -2.35. The van der Waals surface area contributed by atoms with E-state index in [1.54, 1.807) is 0 Å². The molecule has 2 amide bonds. The van der Waals surface area contributed by atoms with Crippen LogP contribution >= 0.6 is 0 Å². The van der Waals surface area contributed by atoms with Crippen LogP contribution in [0.1, 0.15) is 13.8 Å². The summed E-state index contributed by atoms with van der Waals surface area (Å²) in [5, 5.41) is 7.06. The van der Waals surface area contributed by atoms with Gasteiger partial charge in [-0.15, -0.1) is 0 Å². The zero-order chi connectivity index (χ0) is 21.6. The Labute approximate surface area is 184 Å². The third-order valence-corrected chi connectivity index (χ3v) is 6.00. The van der Waals surface area contributed by atoms with Crippen molar-refractivity contribution in [1.29, 1.82) is 0 Å². The van der Waals surface area contributed by atoms with Crippen molar-refractivity contribution in [3.8, 4) is 0 Å². The summed E-state index contributed by atoms with van der Waals surface area (Å²) in [6.07, 6.45) is 2.61. The average Bonchev–Trinajstić information content (AvgIpc) is 3.14. The monoisotopic (exact) mass is 429 g/mol. The van der Waals surface area contributed by atoms with Crippen LogP contribution in [-0.2, 0) is 16.0 Å². The van der Waals surface area contributed by atoms with Gasteiger partial charge >= 0.3 is 6.03 Å². The molecule has 0 spiro atoms. The highest BCUT2D eigenvalue weighted by Gasteiger charge is 2.21. The molecule has 0 saturated carbocycles. The third kappa shape index (κ3) is 6.20. The molecular formula is C23H35N5O3. The lowest BCUT2D eigenvalue weighted by molar-refractivity contribution is -0.0672. The van der Waals surface area contributed by atoms with Crippen LogP contribution in [0.5, 0.6) is 0 Å². The number of carbonyl (C=O) groups is 1. The second-order valence-electron chi connectivity index (χ2n) is 8.63. The Balaban J connectivity index is 1.24. The SMILES string of the molecule is CC1CN(CCNC(=O)Nc2ccc3c(ccn3CCN3CCOCC3)c2)CC(C)O1. The van der Waals surface area contributed by atoms with Gasteiger partial charge in [-0.25, -0.2) is 4.79 Å². The van der Waals surface area contributed by atoms with Gasteiger partial charge in [0.15, 0.2) is 0 Å². The summed E-state index contributed by atoms with van der Waals surface area (Å²) in [5.41, 5.74) is 2.00. The average molecular weight is 430 g/mol. The number of nitrogens with one attached hydrogen (secondary N) is 2. The van der Waals surface area contributed by atoms with E-state index in [2.05, 4.69) is 57.2 Å². The predicted molar refractivity (Wildman–Crippen MR) is 123 cm³/mol. The number of hydrogen-bond acceptors (Lipinski definition) is 5. The van der Waals surface area contributed by atoms with Crippen molar-refractivity contribution in [2.75, 3.05) is 64.3 Å². The maximum atomic E-state index is 12.3. The van der Waals surface area contributed by atoms with Gasteiger partial charge in [0.05, 0.1) is 25.4 Å². The largest absolute Gasteiger partial charge is 0.379 e. The Hall–Kier alpha value is -2.13. The number of aromatic nitrogens is 1. The molecule has 0 bridgehead atoms. The number of anilines is 1. The van der Waals surface area contributed by atoms with Gasteiger partial charge in [0.25, 0.3) is 0 Å². The number of carbonyl (C=O) groups excluding carboxylic acids is 1. The second kappa shape index (κ2) is 10.5. The van der Waals surface area contributed by atoms with Gasteiger partial charge in [-0.1, -0.05) is 0 Å². The van der Waals surface area contributed by atoms with Crippen molar-refractivity contribution < 1.29 is 14.3 Å². The normalized spacial score (nSPS) is 23.2. The van der Waals surface area contributed by atoms with Gasteiger partial charge in [0, 0.05) is 75.1 Å². The minimum absolute atomic E-state index is 0.166. The number of urea groups is 1. The third-order valence-electron chi connectivity index (χ3n) is 6.00. The van der Waals surface area contributed by atoms with E-state index in [-0.39, 0.29) is 18.2 Å². The van der Waals surface area contributed by atoms with Gasteiger partial charge in [-0.2, -0.15) is 0 Å². The molecule has 0 aliphatic carbocycles. The standard InChI is InChI=1S/C23H35N5O3/c1-18-16-27(17-19(2)31-18)8-6-24-23(29)25-21-3-4-22-20(15-21)5-7-28(22)10-9-26-11-13-30-14-12-26/h3-5,7,15,18-19H,6,8-14,16-17H2,1-2H3,(H2,24,25,29). The maximum Gasteiger partial charge on any atom is 0.319 e. The Bertz CT molecular complexity index is 854. The van der Waals surface area contributed by atoms with Crippen LogP contribution in [0.25, 0.3) is 10.9 Å². The Morgan fingerprint density at radius 3 is 2.58 bits per heavy atom. The van der Waals surface area contributed by atoms with E-state index in [4.69, 9.17) is 9.47 Å². The first-order valence-corrected chi connectivity index (χ1v) is 11.4. The number of hydrogen-bond donors (Lipinski definition) is 2. The number of nitrogens with zero attached hydrogens (tertiary/aromatic N) is 3. The molecule has 2 atom stereocenters. The van der Waals surface area contributed by atoms with Crippen molar-refractivity contribution in [3.63, 3.8) is 0 Å². The van der Waals surface area contributed by atoms with Gasteiger partial charge in [-0.3, -0.25) is 9.80 Å². The summed E-state index contributed by atoms with van der Waals surface area (Å²) >= 11 is 0. The minimum atomic E-state index is -0.166. The van der Waals surface area contributed by atoms with E-state index in [9.17, 15) is 4.79 Å². The molecule has 2 aliphatic rings. The number of morpholine rings is 2. The number of benzene rings is 1. The summed E-state index contributed by atoms with van der Waals surface area (Å²) < 4.78 is 13.5. The molecule has 31 heavy (non-hydrogen) atoms. The molecule has 2 aliphatic heterocycles. The molecule has 3 heterocycles. The fraction of sp³-hybridized carbons (Fsp3) is 0.609. The van der Waals surface area contributed by atoms with Crippen molar-refractivity contribution in [3.05, 3.63) is 30.5 Å². The smallest absolute Gasteiger partial charge is 0.319 e. The van der Waals surface area contributed by atoms with Gasteiger partial charge < -0.3 is 24.7 Å². The van der Waals surface area contributed by atoms with E-state index in [1.807, 2.05) is 12.1 Å². The lowest BCUT2D eigenvalue weighted by atomic mass is 10.2. The maximum absolute atomic E-state index is 12.3. The molecule has 1 aromatic carbocycles. The first kappa shape index (κ1) is 22.1. The summed E-state index contributed by atoms with van der Waals surface area (Å²) in [5.74, 6) is 0. The fourth-order valence-corrected chi connectivity index (χ4v) is 4.52. The van der Waals surface area contributed by atoms with Crippen LogP contribution in [0.2, 0.25) is 0 Å². The highest BCUT2D eigenvalue weighted by Crippen LogP contribution is 2.21. The minimum Gasteiger partial charge on any atom is -0.379 e. The van der Waals surface area contributed by atoms with Gasteiger partial charge in [0.2, 0.25) is 0 Å². The number of fused-ring (bicyclic) bond motifs is 1. The number of amides is 2. The predicted octanol–water partition coefficient (Wildman–Crippen LogP) is 2.20. The van der Waals surface area contributed by atoms with Crippen molar-refractivity contribution >= 4 is 22.6 Å². The highest BCUT2D eigenvalue weighted by molar-refractivity contribution is 5.92. The summed E-state index contributed by atoms with van der Waals surface area (Å²) in [6.45, 7) is 13.1. The topological polar surface area (TPSA) is 71.0 Å². The molecular weight excluding hydrogens is 394 g/mol. The molecule has 2 fully saturated rings. The van der Waals surface area contributed by atoms with E-state index in [1.165, 1.54) is 5.52 Å². The molecule has 2 aromatic rings. The molecule has 1 aromatic heterocycles. The van der Waals surface area contributed by atoms with Crippen LogP contribution in [0.3, 0.4) is 0 Å². The number of ether oxygens (including phenoxy) is 2. The zero-order valence-corrected chi connectivity index (χ0v) is 18.7. The summed E-state index contributed by atoms with van der Waals surface area (Å²) in [4.78, 5) is 17.1. The summed E-state index contributed by atoms with van der Waals surface area (Å²) in [6, 6.07) is 8.03.